The van der Waals surface area contributed by atoms with E-state index in [0.717, 1.165) is 13.0 Å². The minimum atomic E-state index is 0.286. The Morgan fingerprint density at radius 1 is 1.33 bits per heavy atom. The first-order chi connectivity index (χ1) is 10.3. The standard InChI is InChI=1S/C17H25N3S/c1-3-10-18-17(14-9-11-19-20(14)2)16-12-13-7-5-4-6-8-15(13)21-16/h9,11-12,17-18H,3-8,10H2,1-2H3. The van der Waals surface area contributed by atoms with Crippen molar-refractivity contribution in [2.24, 2.45) is 7.05 Å². The lowest BCUT2D eigenvalue weighted by Crippen LogP contribution is -2.24. The number of nitrogens with zero attached hydrogens (tertiary/aromatic N) is 2. The van der Waals surface area contributed by atoms with E-state index in [1.807, 2.05) is 29.3 Å². The molecule has 2 aromatic heterocycles. The average molecular weight is 303 g/mol. The van der Waals surface area contributed by atoms with Crippen molar-refractivity contribution in [2.75, 3.05) is 6.54 Å². The second-order valence-electron chi connectivity index (χ2n) is 5.92. The number of fused-ring (bicyclic) bond motifs is 1. The summed E-state index contributed by atoms with van der Waals surface area (Å²) < 4.78 is 2.00. The Kier molecular flexibility index (Phi) is 4.76. The normalized spacial score (nSPS) is 16.5. The van der Waals surface area contributed by atoms with Crippen LogP contribution in [-0.2, 0) is 19.9 Å². The number of aromatic nitrogens is 2. The van der Waals surface area contributed by atoms with Crippen LogP contribution in [0.1, 0.15) is 59.7 Å². The van der Waals surface area contributed by atoms with E-state index in [0.29, 0.717) is 0 Å². The first kappa shape index (κ1) is 14.8. The van der Waals surface area contributed by atoms with Crippen molar-refractivity contribution >= 4 is 11.3 Å². The maximum Gasteiger partial charge on any atom is 0.0841 e. The molecule has 0 saturated carbocycles. The third kappa shape index (κ3) is 3.22. The highest BCUT2D eigenvalue weighted by Crippen LogP contribution is 2.34. The summed E-state index contributed by atoms with van der Waals surface area (Å²) in [7, 11) is 2.04. The quantitative estimate of drug-likeness (QED) is 0.851. The molecule has 4 heteroatoms. The van der Waals surface area contributed by atoms with E-state index in [-0.39, 0.29) is 6.04 Å². The minimum absolute atomic E-state index is 0.286. The highest BCUT2D eigenvalue weighted by atomic mass is 32.1. The van der Waals surface area contributed by atoms with E-state index in [2.05, 4.69) is 29.5 Å². The number of rotatable bonds is 5. The fourth-order valence-corrected chi connectivity index (χ4v) is 4.49. The van der Waals surface area contributed by atoms with Crippen molar-refractivity contribution in [1.82, 2.24) is 15.1 Å². The number of thiophene rings is 1. The molecule has 2 aromatic rings. The van der Waals surface area contributed by atoms with Crippen molar-refractivity contribution in [1.29, 1.82) is 0 Å². The molecule has 3 rings (SSSR count). The highest BCUT2D eigenvalue weighted by molar-refractivity contribution is 7.12. The van der Waals surface area contributed by atoms with Crippen LogP contribution in [0, 0.1) is 0 Å². The number of aryl methyl sites for hydroxylation is 3. The zero-order valence-electron chi connectivity index (χ0n) is 13.1. The van der Waals surface area contributed by atoms with Gasteiger partial charge >= 0.3 is 0 Å². The molecule has 1 unspecified atom stereocenters. The van der Waals surface area contributed by atoms with Crippen LogP contribution in [0.2, 0.25) is 0 Å². The molecule has 0 radical (unpaired) electrons. The molecule has 1 aliphatic carbocycles. The van der Waals surface area contributed by atoms with Crippen molar-refractivity contribution in [3.05, 3.63) is 39.3 Å². The Labute approximate surface area is 131 Å². The van der Waals surface area contributed by atoms with Gasteiger partial charge in [0.15, 0.2) is 0 Å². The SMILES string of the molecule is CCCNC(c1cc2c(s1)CCCCC2)c1ccnn1C. The highest BCUT2D eigenvalue weighted by Gasteiger charge is 2.21. The summed E-state index contributed by atoms with van der Waals surface area (Å²) in [5.74, 6) is 0. The van der Waals surface area contributed by atoms with Gasteiger partial charge in [-0.2, -0.15) is 5.10 Å². The predicted molar refractivity (Wildman–Crippen MR) is 88.9 cm³/mol. The van der Waals surface area contributed by atoms with Gasteiger partial charge in [-0.15, -0.1) is 11.3 Å². The summed E-state index contributed by atoms with van der Waals surface area (Å²) in [5.41, 5.74) is 2.86. The molecule has 0 amide bonds. The van der Waals surface area contributed by atoms with Crippen molar-refractivity contribution in [3.8, 4) is 0 Å². The smallest absolute Gasteiger partial charge is 0.0841 e. The lowest BCUT2D eigenvalue weighted by atomic mass is 10.1. The monoisotopic (exact) mass is 303 g/mol. The minimum Gasteiger partial charge on any atom is -0.304 e. The van der Waals surface area contributed by atoms with Gasteiger partial charge in [-0.3, -0.25) is 4.68 Å². The average Bonchev–Trinajstić information content (AvgIpc) is 3.01. The van der Waals surface area contributed by atoms with Crippen molar-refractivity contribution in [3.63, 3.8) is 0 Å². The Hall–Kier alpha value is -1.13. The van der Waals surface area contributed by atoms with Gasteiger partial charge < -0.3 is 5.32 Å². The van der Waals surface area contributed by atoms with Gasteiger partial charge in [0.05, 0.1) is 11.7 Å². The number of hydrogen-bond donors (Lipinski definition) is 1. The largest absolute Gasteiger partial charge is 0.304 e. The molecule has 1 aliphatic rings. The molecule has 0 bridgehead atoms. The molecule has 1 atom stereocenters. The molecule has 3 nitrogen and oxygen atoms in total. The third-order valence-electron chi connectivity index (χ3n) is 4.30. The maximum atomic E-state index is 4.35. The molecule has 0 aliphatic heterocycles. The fraction of sp³-hybridized carbons (Fsp3) is 0.588. The van der Waals surface area contributed by atoms with E-state index in [4.69, 9.17) is 0 Å². The van der Waals surface area contributed by atoms with Gasteiger partial charge in [0.2, 0.25) is 0 Å². The molecule has 1 N–H and O–H groups in total. The van der Waals surface area contributed by atoms with Crippen LogP contribution < -0.4 is 5.32 Å². The molecule has 0 fully saturated rings. The van der Waals surface area contributed by atoms with Crippen molar-refractivity contribution < 1.29 is 0 Å². The van der Waals surface area contributed by atoms with Gasteiger partial charge in [-0.25, -0.2) is 0 Å². The van der Waals surface area contributed by atoms with Crippen LogP contribution in [-0.4, -0.2) is 16.3 Å². The van der Waals surface area contributed by atoms with Gasteiger partial charge in [-0.05, 0) is 56.3 Å². The lowest BCUT2D eigenvalue weighted by molar-refractivity contribution is 0.559. The fourth-order valence-electron chi connectivity index (χ4n) is 3.14. The second kappa shape index (κ2) is 6.75. The molecular formula is C17H25N3S. The molecule has 0 aromatic carbocycles. The van der Waals surface area contributed by atoms with Gasteiger partial charge in [0.25, 0.3) is 0 Å². The summed E-state index contributed by atoms with van der Waals surface area (Å²) in [5, 5.41) is 8.05. The Balaban J connectivity index is 1.91. The summed E-state index contributed by atoms with van der Waals surface area (Å²) >= 11 is 2.01. The van der Waals surface area contributed by atoms with Gasteiger partial charge in [-0.1, -0.05) is 13.3 Å². The topological polar surface area (TPSA) is 29.9 Å². The number of hydrogen-bond acceptors (Lipinski definition) is 3. The lowest BCUT2D eigenvalue weighted by Gasteiger charge is -2.17. The Bertz CT molecular complexity index is 561. The van der Waals surface area contributed by atoms with Crippen LogP contribution in [0.3, 0.4) is 0 Å². The Morgan fingerprint density at radius 3 is 2.95 bits per heavy atom. The molecular weight excluding hydrogens is 278 g/mol. The van der Waals surface area contributed by atoms with E-state index in [1.165, 1.54) is 42.7 Å². The van der Waals surface area contributed by atoms with Crippen molar-refractivity contribution in [2.45, 2.75) is 51.5 Å². The second-order valence-corrected chi connectivity index (χ2v) is 7.09. The van der Waals surface area contributed by atoms with Crippen LogP contribution >= 0.6 is 11.3 Å². The van der Waals surface area contributed by atoms with Crippen LogP contribution in [0.25, 0.3) is 0 Å². The molecule has 0 saturated heterocycles. The van der Waals surface area contributed by atoms with E-state index >= 15 is 0 Å². The molecule has 21 heavy (non-hydrogen) atoms. The summed E-state index contributed by atoms with van der Waals surface area (Å²) in [6.45, 7) is 3.26. The zero-order valence-corrected chi connectivity index (χ0v) is 13.9. The van der Waals surface area contributed by atoms with Gasteiger partial charge in [0, 0.05) is 23.0 Å². The summed E-state index contributed by atoms with van der Waals surface area (Å²) in [4.78, 5) is 3.08. The van der Waals surface area contributed by atoms with E-state index in [9.17, 15) is 0 Å². The van der Waals surface area contributed by atoms with E-state index in [1.54, 1.807) is 10.4 Å². The summed E-state index contributed by atoms with van der Waals surface area (Å²) in [6, 6.07) is 4.87. The van der Waals surface area contributed by atoms with Crippen LogP contribution in [0.5, 0.6) is 0 Å². The summed E-state index contributed by atoms with van der Waals surface area (Å²) in [6.07, 6.45) is 9.67. The zero-order chi connectivity index (χ0) is 14.7. The van der Waals surface area contributed by atoms with Crippen LogP contribution in [0.4, 0.5) is 0 Å². The third-order valence-corrected chi connectivity index (χ3v) is 5.61. The molecule has 0 spiro atoms. The molecule has 114 valence electrons. The Morgan fingerprint density at radius 2 is 2.19 bits per heavy atom. The predicted octanol–water partition coefficient (Wildman–Crippen LogP) is 3.84. The first-order valence-corrected chi connectivity index (χ1v) is 8.94. The van der Waals surface area contributed by atoms with E-state index < -0.39 is 0 Å². The van der Waals surface area contributed by atoms with Crippen LogP contribution in [0.15, 0.2) is 18.3 Å². The molecule has 2 heterocycles. The number of nitrogens with one attached hydrogen (secondary N) is 1. The maximum absolute atomic E-state index is 4.35. The first-order valence-electron chi connectivity index (χ1n) is 8.12. The van der Waals surface area contributed by atoms with Gasteiger partial charge in [0.1, 0.15) is 0 Å².